The van der Waals surface area contributed by atoms with Crippen LogP contribution in [0.1, 0.15) is 12.2 Å². The van der Waals surface area contributed by atoms with Crippen molar-refractivity contribution in [3.05, 3.63) is 36.4 Å². The van der Waals surface area contributed by atoms with E-state index in [9.17, 15) is 0 Å². The second kappa shape index (κ2) is 7.38. The topological polar surface area (TPSA) is 72.2 Å². The average molecular weight is 262 g/mol. The second-order valence-corrected chi connectivity index (χ2v) is 3.97. The van der Waals surface area contributed by atoms with Crippen molar-refractivity contribution >= 4 is 11.8 Å². The van der Waals surface area contributed by atoms with Gasteiger partial charge in [-0.05, 0) is 24.6 Å². The molecule has 0 bridgehead atoms. The lowest BCUT2D eigenvalue weighted by Gasteiger charge is -2.07. The fourth-order valence-electron chi connectivity index (χ4n) is 1.55. The van der Waals surface area contributed by atoms with E-state index < -0.39 is 0 Å². The van der Waals surface area contributed by atoms with Gasteiger partial charge in [0.15, 0.2) is 0 Å². The van der Waals surface area contributed by atoms with E-state index in [1.54, 1.807) is 19.6 Å². The maximum Gasteiger partial charge on any atom is 0.224 e. The number of ether oxygens (including phenoxy) is 1. The monoisotopic (exact) mass is 262 g/mol. The Morgan fingerprint density at radius 2 is 2.26 bits per heavy atom. The van der Waals surface area contributed by atoms with Crippen LogP contribution < -0.4 is 10.6 Å². The highest BCUT2D eigenvalue weighted by atomic mass is 16.5. The minimum Gasteiger partial charge on any atom is -0.467 e. The lowest BCUT2D eigenvalue weighted by molar-refractivity contribution is 0.197. The van der Waals surface area contributed by atoms with Crippen LogP contribution >= 0.6 is 0 Å². The van der Waals surface area contributed by atoms with Gasteiger partial charge in [0.05, 0.1) is 12.8 Å². The summed E-state index contributed by atoms with van der Waals surface area (Å²) in [5, 5.41) is 6.33. The van der Waals surface area contributed by atoms with Crippen LogP contribution in [-0.4, -0.2) is 30.2 Å². The van der Waals surface area contributed by atoms with Gasteiger partial charge in [0.1, 0.15) is 11.6 Å². The van der Waals surface area contributed by atoms with Gasteiger partial charge in [-0.15, -0.1) is 0 Å². The summed E-state index contributed by atoms with van der Waals surface area (Å²) < 4.78 is 10.2. The van der Waals surface area contributed by atoms with Crippen molar-refractivity contribution in [1.29, 1.82) is 0 Å². The first kappa shape index (κ1) is 13.4. The van der Waals surface area contributed by atoms with Crippen LogP contribution in [0.15, 0.2) is 35.1 Å². The minimum absolute atomic E-state index is 0.604. The van der Waals surface area contributed by atoms with Crippen LogP contribution in [0.4, 0.5) is 11.8 Å². The highest BCUT2D eigenvalue weighted by molar-refractivity contribution is 5.39. The van der Waals surface area contributed by atoms with Gasteiger partial charge in [-0.3, -0.25) is 0 Å². The van der Waals surface area contributed by atoms with E-state index in [1.807, 2.05) is 18.2 Å². The number of methoxy groups -OCH3 is 1. The third-order valence-corrected chi connectivity index (χ3v) is 2.49. The van der Waals surface area contributed by atoms with Crippen molar-refractivity contribution in [1.82, 2.24) is 9.97 Å². The van der Waals surface area contributed by atoms with Crippen LogP contribution in [-0.2, 0) is 11.3 Å². The number of furan rings is 1. The maximum atomic E-state index is 5.24. The van der Waals surface area contributed by atoms with E-state index >= 15 is 0 Å². The molecule has 0 unspecified atom stereocenters. The molecule has 0 spiro atoms. The van der Waals surface area contributed by atoms with Crippen molar-refractivity contribution < 1.29 is 9.15 Å². The zero-order chi connectivity index (χ0) is 13.3. The number of rotatable bonds is 8. The Morgan fingerprint density at radius 3 is 3.05 bits per heavy atom. The van der Waals surface area contributed by atoms with E-state index in [0.29, 0.717) is 12.5 Å². The summed E-state index contributed by atoms with van der Waals surface area (Å²) in [4.78, 5) is 8.51. The summed E-state index contributed by atoms with van der Waals surface area (Å²) >= 11 is 0. The van der Waals surface area contributed by atoms with Crippen molar-refractivity contribution in [3.8, 4) is 0 Å². The molecule has 0 amide bonds. The van der Waals surface area contributed by atoms with Crippen LogP contribution in [0.2, 0.25) is 0 Å². The molecule has 102 valence electrons. The number of hydrogen-bond acceptors (Lipinski definition) is 6. The van der Waals surface area contributed by atoms with Gasteiger partial charge in [-0.2, -0.15) is 4.98 Å². The molecule has 19 heavy (non-hydrogen) atoms. The molecule has 0 radical (unpaired) electrons. The SMILES string of the molecule is COCCCNc1nccc(NCc2ccco2)n1. The Hall–Kier alpha value is -2.08. The highest BCUT2D eigenvalue weighted by Gasteiger charge is 2.00. The lowest BCUT2D eigenvalue weighted by Crippen LogP contribution is -2.09. The number of nitrogens with one attached hydrogen (secondary N) is 2. The van der Waals surface area contributed by atoms with E-state index in [-0.39, 0.29) is 0 Å². The molecule has 0 atom stereocenters. The third kappa shape index (κ3) is 4.59. The Morgan fingerprint density at radius 1 is 1.32 bits per heavy atom. The molecule has 0 saturated carbocycles. The zero-order valence-electron chi connectivity index (χ0n) is 10.9. The molecule has 2 heterocycles. The van der Waals surface area contributed by atoms with Gasteiger partial charge in [-0.1, -0.05) is 0 Å². The molecule has 2 rings (SSSR count). The number of nitrogens with zero attached hydrogens (tertiary/aromatic N) is 2. The smallest absolute Gasteiger partial charge is 0.224 e. The Balaban J connectivity index is 1.81. The first-order valence-electron chi connectivity index (χ1n) is 6.20. The molecule has 0 aliphatic heterocycles. The Kier molecular flexibility index (Phi) is 5.18. The fourth-order valence-corrected chi connectivity index (χ4v) is 1.55. The van der Waals surface area contributed by atoms with Gasteiger partial charge in [0.25, 0.3) is 0 Å². The number of anilines is 2. The molecule has 2 N–H and O–H groups in total. The second-order valence-electron chi connectivity index (χ2n) is 3.97. The van der Waals surface area contributed by atoms with E-state index in [4.69, 9.17) is 9.15 Å². The fraction of sp³-hybridized carbons (Fsp3) is 0.385. The summed E-state index contributed by atoms with van der Waals surface area (Å²) in [6.45, 7) is 2.12. The quantitative estimate of drug-likeness (QED) is 0.710. The molecule has 6 heteroatoms. The van der Waals surface area contributed by atoms with E-state index in [1.165, 1.54) is 0 Å². The molecule has 2 aromatic heterocycles. The van der Waals surface area contributed by atoms with Crippen LogP contribution in [0.25, 0.3) is 0 Å². The molecule has 0 fully saturated rings. The lowest BCUT2D eigenvalue weighted by atomic mass is 10.4. The van der Waals surface area contributed by atoms with Crippen molar-refractivity contribution in [2.24, 2.45) is 0 Å². The minimum atomic E-state index is 0.604. The summed E-state index contributed by atoms with van der Waals surface area (Å²) in [7, 11) is 1.69. The standard InChI is InChI=1S/C13H18N4O2/c1-18-8-3-6-14-13-15-7-5-12(17-13)16-10-11-4-2-9-19-11/h2,4-5,7,9H,3,6,8,10H2,1H3,(H2,14,15,16,17). The molecule has 0 aliphatic rings. The number of hydrogen-bond donors (Lipinski definition) is 2. The molecule has 0 aromatic carbocycles. The van der Waals surface area contributed by atoms with E-state index in [2.05, 4.69) is 20.6 Å². The van der Waals surface area contributed by atoms with Gasteiger partial charge in [-0.25, -0.2) is 4.98 Å². The van der Waals surface area contributed by atoms with Crippen molar-refractivity contribution in [3.63, 3.8) is 0 Å². The normalized spacial score (nSPS) is 10.4. The largest absolute Gasteiger partial charge is 0.467 e. The number of aromatic nitrogens is 2. The zero-order valence-corrected chi connectivity index (χ0v) is 10.9. The van der Waals surface area contributed by atoms with Gasteiger partial charge in [0.2, 0.25) is 5.95 Å². The molecular formula is C13H18N4O2. The van der Waals surface area contributed by atoms with Crippen LogP contribution in [0.3, 0.4) is 0 Å². The van der Waals surface area contributed by atoms with Gasteiger partial charge >= 0.3 is 0 Å². The average Bonchev–Trinajstić information content (AvgIpc) is 2.95. The van der Waals surface area contributed by atoms with Crippen LogP contribution in [0.5, 0.6) is 0 Å². The first-order chi connectivity index (χ1) is 9.38. The van der Waals surface area contributed by atoms with Gasteiger partial charge in [0, 0.05) is 26.5 Å². The Bertz CT molecular complexity index is 473. The van der Waals surface area contributed by atoms with Gasteiger partial charge < -0.3 is 19.8 Å². The molecule has 0 aliphatic carbocycles. The molecule has 0 saturated heterocycles. The predicted molar refractivity (Wildman–Crippen MR) is 73.0 cm³/mol. The molecular weight excluding hydrogens is 244 g/mol. The van der Waals surface area contributed by atoms with E-state index in [0.717, 1.165) is 31.2 Å². The summed E-state index contributed by atoms with van der Waals surface area (Å²) in [5.74, 6) is 2.24. The Labute approximate surface area is 112 Å². The van der Waals surface area contributed by atoms with Crippen LogP contribution in [0, 0.1) is 0 Å². The predicted octanol–water partition coefficient (Wildman–Crippen LogP) is 2.13. The highest BCUT2D eigenvalue weighted by Crippen LogP contribution is 2.08. The van der Waals surface area contributed by atoms with Crippen molar-refractivity contribution in [2.45, 2.75) is 13.0 Å². The molecule has 2 aromatic rings. The van der Waals surface area contributed by atoms with Crippen molar-refractivity contribution in [2.75, 3.05) is 30.9 Å². The first-order valence-corrected chi connectivity index (χ1v) is 6.20. The molecule has 6 nitrogen and oxygen atoms in total. The third-order valence-electron chi connectivity index (χ3n) is 2.49. The summed E-state index contributed by atoms with van der Waals surface area (Å²) in [5.41, 5.74) is 0. The summed E-state index contributed by atoms with van der Waals surface area (Å²) in [6.07, 6.45) is 4.29. The summed E-state index contributed by atoms with van der Waals surface area (Å²) in [6, 6.07) is 5.60. The maximum absolute atomic E-state index is 5.24.